The van der Waals surface area contributed by atoms with Gasteiger partial charge in [-0.3, -0.25) is 9.59 Å². The largest absolute Gasteiger partial charge is 0.467 e. The van der Waals surface area contributed by atoms with Gasteiger partial charge in [-0.25, -0.2) is 0 Å². The molecular weight excluding hydrogens is 364 g/mol. The SMILES string of the molecule is Cc1ccc(NC(=O)[C@@H]2C(=O)N[C@@]34CCCC[C@@H]3[C@H]2c2ccccc2O4)cc1C. The number of hydrogen-bond acceptors (Lipinski definition) is 3. The zero-order valence-electron chi connectivity index (χ0n) is 16.8. The number of nitrogens with one attached hydrogen (secondary N) is 2. The summed E-state index contributed by atoms with van der Waals surface area (Å²) in [7, 11) is 0. The minimum Gasteiger partial charge on any atom is -0.467 e. The predicted molar refractivity (Wildman–Crippen MR) is 111 cm³/mol. The van der Waals surface area contributed by atoms with Gasteiger partial charge in [0.2, 0.25) is 11.8 Å². The lowest BCUT2D eigenvalue weighted by Crippen LogP contribution is -2.69. The topological polar surface area (TPSA) is 67.4 Å². The fraction of sp³-hybridized carbons (Fsp3) is 0.417. The second-order valence-electron chi connectivity index (χ2n) is 8.66. The number of para-hydroxylation sites is 1. The molecule has 29 heavy (non-hydrogen) atoms. The molecule has 1 aliphatic carbocycles. The van der Waals surface area contributed by atoms with Gasteiger partial charge >= 0.3 is 0 Å². The number of anilines is 1. The molecule has 2 heterocycles. The summed E-state index contributed by atoms with van der Waals surface area (Å²) in [6.45, 7) is 4.06. The first kappa shape index (κ1) is 18.2. The number of benzene rings is 2. The lowest BCUT2D eigenvalue weighted by molar-refractivity contribution is -0.160. The van der Waals surface area contributed by atoms with Gasteiger partial charge in [0.05, 0.1) is 0 Å². The van der Waals surface area contributed by atoms with Crippen molar-refractivity contribution in [1.29, 1.82) is 0 Å². The van der Waals surface area contributed by atoms with Gasteiger partial charge in [-0.1, -0.05) is 30.7 Å². The molecule has 2 amide bonds. The highest BCUT2D eigenvalue weighted by atomic mass is 16.5. The Kier molecular flexibility index (Phi) is 4.16. The number of aryl methyl sites for hydroxylation is 2. The van der Waals surface area contributed by atoms with Gasteiger partial charge < -0.3 is 15.4 Å². The van der Waals surface area contributed by atoms with Crippen LogP contribution in [0, 0.1) is 25.7 Å². The number of piperidine rings is 1. The molecule has 2 aliphatic heterocycles. The van der Waals surface area contributed by atoms with Gasteiger partial charge in [0, 0.05) is 23.9 Å². The van der Waals surface area contributed by atoms with Crippen molar-refractivity contribution in [3.05, 3.63) is 59.2 Å². The highest BCUT2D eigenvalue weighted by molar-refractivity contribution is 6.08. The average Bonchev–Trinajstić information content (AvgIpc) is 2.69. The quantitative estimate of drug-likeness (QED) is 0.760. The number of rotatable bonds is 2. The summed E-state index contributed by atoms with van der Waals surface area (Å²) in [6, 6.07) is 13.7. The van der Waals surface area contributed by atoms with Crippen LogP contribution in [0.5, 0.6) is 5.75 Å². The first-order valence-electron chi connectivity index (χ1n) is 10.5. The van der Waals surface area contributed by atoms with Crippen molar-refractivity contribution < 1.29 is 14.3 Å². The summed E-state index contributed by atoms with van der Waals surface area (Å²) in [5.41, 5.74) is 3.31. The first-order chi connectivity index (χ1) is 14.0. The molecule has 5 heteroatoms. The maximum absolute atomic E-state index is 13.3. The van der Waals surface area contributed by atoms with E-state index in [4.69, 9.17) is 4.74 Å². The molecule has 1 saturated heterocycles. The monoisotopic (exact) mass is 390 g/mol. The van der Waals surface area contributed by atoms with E-state index in [1.54, 1.807) is 0 Å². The Morgan fingerprint density at radius 1 is 1.14 bits per heavy atom. The number of carbonyl (C=O) groups excluding carboxylic acids is 2. The van der Waals surface area contributed by atoms with Crippen LogP contribution in [-0.4, -0.2) is 17.5 Å². The van der Waals surface area contributed by atoms with Crippen LogP contribution in [0.2, 0.25) is 0 Å². The summed E-state index contributed by atoms with van der Waals surface area (Å²) < 4.78 is 6.38. The first-order valence-corrected chi connectivity index (χ1v) is 10.5. The van der Waals surface area contributed by atoms with E-state index in [0.717, 1.165) is 48.2 Å². The van der Waals surface area contributed by atoms with E-state index in [2.05, 4.69) is 10.6 Å². The molecule has 0 aromatic heterocycles. The van der Waals surface area contributed by atoms with Crippen LogP contribution >= 0.6 is 0 Å². The lowest BCUT2D eigenvalue weighted by Gasteiger charge is -2.55. The zero-order valence-corrected chi connectivity index (χ0v) is 16.8. The van der Waals surface area contributed by atoms with Crippen molar-refractivity contribution in [1.82, 2.24) is 5.32 Å². The Morgan fingerprint density at radius 2 is 1.97 bits per heavy atom. The van der Waals surface area contributed by atoms with Gasteiger partial charge in [-0.05, 0) is 61.6 Å². The third-order valence-electron chi connectivity index (χ3n) is 6.95. The molecule has 5 rings (SSSR count). The third-order valence-corrected chi connectivity index (χ3v) is 6.95. The van der Waals surface area contributed by atoms with Crippen molar-refractivity contribution in [2.45, 2.75) is 51.2 Å². The van der Waals surface area contributed by atoms with Crippen LogP contribution in [0.4, 0.5) is 5.69 Å². The summed E-state index contributed by atoms with van der Waals surface area (Å²) in [5, 5.41) is 6.12. The minimum absolute atomic E-state index is 0.111. The molecule has 2 fully saturated rings. The second-order valence-corrected chi connectivity index (χ2v) is 8.66. The fourth-order valence-corrected chi connectivity index (χ4v) is 5.39. The van der Waals surface area contributed by atoms with Gasteiger partial charge in [-0.2, -0.15) is 0 Å². The molecular formula is C24H26N2O3. The molecule has 2 aromatic rings. The maximum Gasteiger partial charge on any atom is 0.237 e. The predicted octanol–water partition coefficient (Wildman–Crippen LogP) is 4.05. The Bertz CT molecular complexity index is 1000. The Balaban J connectivity index is 1.54. The highest BCUT2D eigenvalue weighted by Gasteiger charge is 2.60. The van der Waals surface area contributed by atoms with Gasteiger partial charge in [0.1, 0.15) is 11.7 Å². The fourth-order valence-electron chi connectivity index (χ4n) is 5.39. The zero-order chi connectivity index (χ0) is 20.2. The van der Waals surface area contributed by atoms with Crippen molar-refractivity contribution in [3.63, 3.8) is 0 Å². The number of ether oxygens (including phenoxy) is 1. The highest BCUT2D eigenvalue weighted by Crippen LogP contribution is 2.55. The van der Waals surface area contributed by atoms with Crippen molar-refractivity contribution in [2.75, 3.05) is 5.32 Å². The molecule has 0 radical (unpaired) electrons. The Labute approximate surface area is 170 Å². The minimum atomic E-state index is -0.766. The number of carbonyl (C=O) groups is 2. The van der Waals surface area contributed by atoms with Crippen molar-refractivity contribution in [3.8, 4) is 5.75 Å². The third kappa shape index (κ3) is 2.83. The number of amides is 2. The van der Waals surface area contributed by atoms with E-state index in [1.807, 2.05) is 56.3 Å². The van der Waals surface area contributed by atoms with Crippen LogP contribution in [0.15, 0.2) is 42.5 Å². The van der Waals surface area contributed by atoms with Crippen LogP contribution in [0.1, 0.15) is 48.3 Å². The molecule has 0 spiro atoms. The summed E-state index contributed by atoms with van der Waals surface area (Å²) in [6.07, 6.45) is 3.85. The molecule has 2 aromatic carbocycles. The van der Waals surface area contributed by atoms with Gasteiger partial charge in [-0.15, -0.1) is 0 Å². The van der Waals surface area contributed by atoms with E-state index in [0.29, 0.717) is 0 Å². The molecule has 4 atom stereocenters. The maximum atomic E-state index is 13.3. The molecule has 3 aliphatic rings. The average molecular weight is 390 g/mol. The summed E-state index contributed by atoms with van der Waals surface area (Å²) in [4.78, 5) is 26.5. The van der Waals surface area contributed by atoms with Crippen LogP contribution in [-0.2, 0) is 9.59 Å². The van der Waals surface area contributed by atoms with Crippen molar-refractivity contribution >= 4 is 17.5 Å². The molecule has 1 saturated carbocycles. The van der Waals surface area contributed by atoms with E-state index >= 15 is 0 Å². The molecule has 150 valence electrons. The summed E-state index contributed by atoms with van der Waals surface area (Å²) >= 11 is 0. The number of hydrogen-bond donors (Lipinski definition) is 2. The van der Waals surface area contributed by atoms with Gasteiger partial charge in [0.25, 0.3) is 0 Å². The van der Waals surface area contributed by atoms with Crippen LogP contribution in [0.25, 0.3) is 0 Å². The Morgan fingerprint density at radius 3 is 2.79 bits per heavy atom. The van der Waals surface area contributed by atoms with Crippen molar-refractivity contribution in [2.24, 2.45) is 11.8 Å². The molecule has 2 N–H and O–H groups in total. The van der Waals surface area contributed by atoms with E-state index in [1.165, 1.54) is 5.56 Å². The van der Waals surface area contributed by atoms with Crippen LogP contribution < -0.4 is 15.4 Å². The van der Waals surface area contributed by atoms with E-state index in [-0.39, 0.29) is 23.7 Å². The van der Waals surface area contributed by atoms with E-state index in [9.17, 15) is 9.59 Å². The van der Waals surface area contributed by atoms with E-state index < -0.39 is 11.6 Å². The van der Waals surface area contributed by atoms with Crippen LogP contribution in [0.3, 0.4) is 0 Å². The lowest BCUT2D eigenvalue weighted by atomic mass is 9.62. The standard InChI is InChI=1S/C24H26N2O3/c1-14-10-11-16(13-15(14)2)25-22(27)21-20-17-7-3-4-9-19(17)29-24(26-23(21)28)12-6-5-8-18(20)24/h3-4,7,9-11,13,18,20-21H,5-6,8,12H2,1-2H3,(H,25,27)(H,26,28)/t18-,20-,21-,24-/m1/s1. The Hall–Kier alpha value is -2.82. The smallest absolute Gasteiger partial charge is 0.237 e. The number of fused-ring (bicyclic) bond motifs is 2. The molecule has 0 unspecified atom stereocenters. The normalized spacial score (nSPS) is 29.7. The second kappa shape index (κ2) is 6.61. The summed E-state index contributed by atoms with van der Waals surface area (Å²) in [5.74, 6) is -0.506. The van der Waals surface area contributed by atoms with Gasteiger partial charge in [0.15, 0.2) is 5.72 Å². The molecule has 5 nitrogen and oxygen atoms in total. The molecule has 2 bridgehead atoms.